The molecule has 0 saturated carbocycles. The summed E-state index contributed by atoms with van der Waals surface area (Å²) in [6, 6.07) is 16.0. The van der Waals surface area contributed by atoms with E-state index < -0.39 is 0 Å². The number of thioether (sulfide) groups is 1. The van der Waals surface area contributed by atoms with Crippen LogP contribution in [0.2, 0.25) is 5.02 Å². The Balaban J connectivity index is 1.82. The molecule has 0 saturated heterocycles. The highest BCUT2D eigenvalue weighted by atomic mass is 35.5. The maximum atomic E-state index is 6.17. The van der Waals surface area contributed by atoms with Crippen LogP contribution in [-0.4, -0.2) is 4.98 Å². The molecule has 0 amide bonds. The second-order valence-corrected chi connectivity index (χ2v) is 5.74. The zero-order valence-corrected chi connectivity index (χ0v) is 11.8. The van der Waals surface area contributed by atoms with Crippen molar-refractivity contribution in [3.63, 3.8) is 0 Å². The number of nitrogens with two attached hydrogens (primary N) is 1. The van der Waals surface area contributed by atoms with Crippen LogP contribution in [0.5, 0.6) is 0 Å². The number of aromatic nitrogens is 1. The number of rotatable bonds is 3. The molecule has 0 fully saturated rings. The second kappa shape index (κ2) is 5.19. The predicted octanol–water partition coefficient (Wildman–Crippen LogP) is 4.70. The highest BCUT2D eigenvalue weighted by Crippen LogP contribution is 2.31. The Morgan fingerprint density at radius 2 is 1.95 bits per heavy atom. The van der Waals surface area contributed by atoms with Crippen molar-refractivity contribution >= 4 is 40.0 Å². The van der Waals surface area contributed by atoms with Crippen LogP contribution in [0.15, 0.2) is 53.6 Å². The minimum atomic E-state index is 0.726. The first kappa shape index (κ1) is 12.5. The number of H-pyrrole nitrogens is 1. The average molecular weight is 289 g/mol. The van der Waals surface area contributed by atoms with Gasteiger partial charge in [0, 0.05) is 32.9 Å². The fourth-order valence-electron chi connectivity index (χ4n) is 2.00. The molecule has 2 aromatic carbocycles. The first-order valence-electron chi connectivity index (χ1n) is 5.97. The lowest BCUT2D eigenvalue weighted by Crippen LogP contribution is -1.93. The van der Waals surface area contributed by atoms with Gasteiger partial charge >= 0.3 is 0 Å². The standard InChI is InChI=1S/C15H13ClN2S/c16-12-5-3-6-13(17)11(12)9-19-15-8-10-4-1-2-7-14(10)18-15/h1-8,18H,9,17H2. The predicted molar refractivity (Wildman–Crippen MR) is 83.7 cm³/mol. The van der Waals surface area contributed by atoms with Gasteiger partial charge in [0.1, 0.15) is 0 Å². The third-order valence-electron chi connectivity index (χ3n) is 3.03. The van der Waals surface area contributed by atoms with Gasteiger partial charge in [-0.3, -0.25) is 0 Å². The summed E-state index contributed by atoms with van der Waals surface area (Å²) >= 11 is 7.88. The number of anilines is 1. The lowest BCUT2D eigenvalue weighted by Gasteiger charge is -2.06. The van der Waals surface area contributed by atoms with Crippen molar-refractivity contribution in [1.29, 1.82) is 0 Å². The van der Waals surface area contributed by atoms with Crippen LogP contribution in [0.3, 0.4) is 0 Å². The molecule has 0 aliphatic heterocycles. The van der Waals surface area contributed by atoms with Crippen molar-refractivity contribution in [3.8, 4) is 0 Å². The fraction of sp³-hybridized carbons (Fsp3) is 0.0667. The third-order valence-corrected chi connectivity index (χ3v) is 4.35. The number of nitrogens with one attached hydrogen (secondary N) is 1. The van der Waals surface area contributed by atoms with Crippen molar-refractivity contribution in [1.82, 2.24) is 4.98 Å². The Kier molecular flexibility index (Phi) is 3.40. The van der Waals surface area contributed by atoms with Crippen molar-refractivity contribution < 1.29 is 0 Å². The Morgan fingerprint density at radius 1 is 1.11 bits per heavy atom. The van der Waals surface area contributed by atoms with Gasteiger partial charge in [0.15, 0.2) is 0 Å². The van der Waals surface area contributed by atoms with Gasteiger partial charge in [-0.2, -0.15) is 0 Å². The number of hydrogen-bond acceptors (Lipinski definition) is 2. The molecule has 0 spiro atoms. The van der Waals surface area contributed by atoms with E-state index in [0.717, 1.165) is 32.6 Å². The Morgan fingerprint density at radius 3 is 2.74 bits per heavy atom. The Labute approximate surface area is 121 Å². The van der Waals surface area contributed by atoms with E-state index in [2.05, 4.69) is 23.2 Å². The van der Waals surface area contributed by atoms with Crippen LogP contribution >= 0.6 is 23.4 Å². The summed E-state index contributed by atoms with van der Waals surface area (Å²) in [6.07, 6.45) is 0. The van der Waals surface area contributed by atoms with Crippen molar-refractivity contribution in [3.05, 3.63) is 59.1 Å². The molecular formula is C15H13ClN2S. The van der Waals surface area contributed by atoms with Crippen molar-refractivity contribution in [2.24, 2.45) is 0 Å². The molecule has 3 rings (SSSR count). The van der Waals surface area contributed by atoms with Gasteiger partial charge in [0.05, 0.1) is 5.03 Å². The van der Waals surface area contributed by atoms with E-state index in [0.29, 0.717) is 0 Å². The lowest BCUT2D eigenvalue weighted by atomic mass is 10.2. The summed E-state index contributed by atoms with van der Waals surface area (Å²) in [5.41, 5.74) is 8.84. The first-order valence-corrected chi connectivity index (χ1v) is 7.34. The van der Waals surface area contributed by atoms with Crippen molar-refractivity contribution in [2.75, 3.05) is 5.73 Å². The molecule has 4 heteroatoms. The quantitative estimate of drug-likeness (QED) is 0.542. The van der Waals surface area contributed by atoms with Crippen LogP contribution in [0.1, 0.15) is 5.56 Å². The monoisotopic (exact) mass is 288 g/mol. The molecule has 0 bridgehead atoms. The summed E-state index contributed by atoms with van der Waals surface area (Å²) in [5, 5.41) is 3.07. The van der Waals surface area contributed by atoms with Gasteiger partial charge in [-0.15, -0.1) is 11.8 Å². The molecule has 0 aliphatic rings. The molecule has 3 aromatic rings. The molecule has 1 aromatic heterocycles. The minimum Gasteiger partial charge on any atom is -0.398 e. The average Bonchev–Trinajstić information content (AvgIpc) is 2.81. The molecule has 19 heavy (non-hydrogen) atoms. The Hall–Kier alpha value is -1.58. The number of halogens is 1. The van der Waals surface area contributed by atoms with Gasteiger partial charge in [-0.25, -0.2) is 0 Å². The number of nitrogen functional groups attached to an aromatic ring is 1. The first-order chi connectivity index (χ1) is 9.24. The van der Waals surface area contributed by atoms with Gasteiger partial charge in [-0.1, -0.05) is 35.9 Å². The smallest absolute Gasteiger partial charge is 0.0735 e. The van der Waals surface area contributed by atoms with E-state index in [9.17, 15) is 0 Å². The maximum Gasteiger partial charge on any atom is 0.0735 e. The maximum absolute atomic E-state index is 6.17. The zero-order valence-electron chi connectivity index (χ0n) is 10.2. The van der Waals surface area contributed by atoms with E-state index in [1.807, 2.05) is 30.3 Å². The Bertz CT molecular complexity index is 668. The van der Waals surface area contributed by atoms with Crippen molar-refractivity contribution in [2.45, 2.75) is 10.8 Å². The van der Waals surface area contributed by atoms with Crippen LogP contribution in [0, 0.1) is 0 Å². The highest BCUT2D eigenvalue weighted by molar-refractivity contribution is 7.98. The zero-order chi connectivity index (χ0) is 13.2. The summed E-state index contributed by atoms with van der Waals surface area (Å²) in [4.78, 5) is 3.38. The van der Waals surface area contributed by atoms with Gasteiger partial charge in [0.2, 0.25) is 0 Å². The number of fused-ring (bicyclic) bond motifs is 1. The van der Waals surface area contributed by atoms with E-state index in [-0.39, 0.29) is 0 Å². The molecule has 3 N–H and O–H groups in total. The van der Waals surface area contributed by atoms with E-state index in [1.165, 1.54) is 5.39 Å². The lowest BCUT2D eigenvalue weighted by molar-refractivity contribution is 1.23. The molecular weight excluding hydrogens is 276 g/mol. The largest absolute Gasteiger partial charge is 0.398 e. The van der Waals surface area contributed by atoms with Crippen LogP contribution < -0.4 is 5.73 Å². The molecule has 2 nitrogen and oxygen atoms in total. The number of para-hydroxylation sites is 1. The van der Waals surface area contributed by atoms with Crippen LogP contribution in [-0.2, 0) is 5.75 Å². The summed E-state index contributed by atoms with van der Waals surface area (Å²) in [7, 11) is 0. The number of aromatic amines is 1. The van der Waals surface area contributed by atoms with E-state index >= 15 is 0 Å². The molecule has 0 aliphatic carbocycles. The summed E-state index contributed by atoms with van der Waals surface area (Å²) in [5.74, 6) is 0.762. The van der Waals surface area contributed by atoms with Gasteiger partial charge < -0.3 is 10.7 Å². The summed E-state index contributed by atoms with van der Waals surface area (Å²) < 4.78 is 0. The second-order valence-electron chi connectivity index (χ2n) is 4.32. The SMILES string of the molecule is Nc1cccc(Cl)c1CSc1cc2ccccc2[nH]1. The normalized spacial score (nSPS) is 11.0. The molecule has 0 unspecified atom stereocenters. The van der Waals surface area contributed by atoms with E-state index in [1.54, 1.807) is 11.8 Å². The highest BCUT2D eigenvalue weighted by Gasteiger charge is 2.06. The molecule has 0 atom stereocenters. The number of benzene rings is 2. The molecule has 1 heterocycles. The van der Waals surface area contributed by atoms with Crippen LogP contribution in [0.25, 0.3) is 10.9 Å². The fourth-order valence-corrected chi connectivity index (χ4v) is 3.34. The topological polar surface area (TPSA) is 41.8 Å². The number of hydrogen-bond donors (Lipinski definition) is 2. The molecule has 96 valence electrons. The summed E-state index contributed by atoms with van der Waals surface area (Å²) in [6.45, 7) is 0. The molecule has 0 radical (unpaired) electrons. The van der Waals surface area contributed by atoms with Gasteiger partial charge in [-0.05, 0) is 24.3 Å². The minimum absolute atomic E-state index is 0.726. The van der Waals surface area contributed by atoms with Gasteiger partial charge in [0.25, 0.3) is 0 Å². The van der Waals surface area contributed by atoms with Crippen LogP contribution in [0.4, 0.5) is 5.69 Å². The van der Waals surface area contributed by atoms with E-state index in [4.69, 9.17) is 17.3 Å². The third kappa shape index (κ3) is 2.57.